The average molecular weight is 377 g/mol. The largest absolute Gasteiger partial charge is 0.444 e. The molecule has 0 bridgehead atoms. The Bertz CT molecular complexity index is 546. The minimum Gasteiger partial charge on any atom is -0.444 e. The van der Waals surface area contributed by atoms with Crippen molar-refractivity contribution in [3.05, 3.63) is 28.2 Å². The average Bonchev–Trinajstić information content (AvgIpc) is 2.27. The van der Waals surface area contributed by atoms with Gasteiger partial charge in [0.05, 0.1) is 0 Å². The van der Waals surface area contributed by atoms with Gasteiger partial charge in [-0.25, -0.2) is 13.6 Å². The normalized spacial score (nSPS) is 21.0. The highest BCUT2D eigenvalue weighted by Gasteiger charge is 2.32. The smallest absolute Gasteiger partial charge is 0.407 e. The number of halogens is 3. The van der Waals surface area contributed by atoms with Gasteiger partial charge in [-0.2, -0.15) is 0 Å². The molecule has 0 heterocycles. The number of alkyl carbamates (subject to hydrolysis) is 1. The van der Waals surface area contributed by atoms with Crippen molar-refractivity contribution in [2.24, 2.45) is 0 Å². The summed E-state index contributed by atoms with van der Waals surface area (Å²) in [6, 6.07) is 2.29. The van der Waals surface area contributed by atoms with Gasteiger partial charge in [-0.1, -0.05) is 15.9 Å². The van der Waals surface area contributed by atoms with Crippen LogP contribution in [0.1, 0.15) is 33.6 Å². The third-order valence-corrected chi connectivity index (χ3v) is 3.67. The summed E-state index contributed by atoms with van der Waals surface area (Å²) < 4.78 is 32.9. The van der Waals surface area contributed by atoms with E-state index in [0.717, 1.165) is 0 Å². The molecule has 1 aromatic rings. The topological polar surface area (TPSA) is 50.4 Å². The summed E-state index contributed by atoms with van der Waals surface area (Å²) in [5.74, 6) is -1.29. The maximum absolute atomic E-state index is 13.7. The predicted octanol–water partition coefficient (Wildman–Crippen LogP) is 4.19. The zero-order valence-electron chi connectivity index (χ0n) is 12.7. The zero-order valence-corrected chi connectivity index (χ0v) is 14.3. The highest BCUT2D eigenvalue weighted by molar-refractivity contribution is 9.10. The van der Waals surface area contributed by atoms with Crippen LogP contribution in [0.2, 0.25) is 0 Å². The third kappa shape index (κ3) is 4.56. The van der Waals surface area contributed by atoms with Gasteiger partial charge in [0.1, 0.15) is 22.9 Å². The Morgan fingerprint density at radius 3 is 2.27 bits per heavy atom. The fraction of sp³-hybridized carbons (Fsp3) is 0.533. The van der Waals surface area contributed by atoms with E-state index in [1.165, 1.54) is 12.1 Å². The molecule has 122 valence electrons. The quantitative estimate of drug-likeness (QED) is 0.831. The standard InChI is InChI=1S/C15H19BrF2N2O2/c1-15(2,3)22-14(21)20-10-6-9(7-10)19-13-11(17)4-8(16)5-12(13)18/h4-5,9-10,19H,6-7H2,1-3H3,(H,20,21). The summed E-state index contributed by atoms with van der Waals surface area (Å²) in [5.41, 5.74) is -0.682. The van der Waals surface area contributed by atoms with Crippen LogP contribution >= 0.6 is 15.9 Å². The first-order valence-corrected chi connectivity index (χ1v) is 7.84. The monoisotopic (exact) mass is 376 g/mol. The lowest BCUT2D eigenvalue weighted by Gasteiger charge is -2.37. The van der Waals surface area contributed by atoms with Crippen LogP contribution in [0.3, 0.4) is 0 Å². The molecule has 0 saturated heterocycles. The number of nitrogens with one attached hydrogen (secondary N) is 2. The van der Waals surface area contributed by atoms with Crippen LogP contribution in [0.25, 0.3) is 0 Å². The highest BCUT2D eigenvalue weighted by Crippen LogP contribution is 2.29. The number of anilines is 1. The first-order chi connectivity index (χ1) is 10.1. The molecule has 0 unspecified atom stereocenters. The summed E-state index contributed by atoms with van der Waals surface area (Å²) in [6.07, 6.45) is 0.708. The van der Waals surface area contributed by atoms with Crippen LogP contribution in [0, 0.1) is 11.6 Å². The lowest BCUT2D eigenvalue weighted by Crippen LogP contribution is -2.50. The molecular weight excluding hydrogens is 358 g/mol. The number of carbonyl (C=O) groups is 1. The molecule has 1 aromatic carbocycles. The minimum atomic E-state index is -0.643. The second-order valence-electron chi connectivity index (χ2n) is 6.40. The van der Waals surface area contributed by atoms with Crippen molar-refractivity contribution < 1.29 is 18.3 Å². The Kier molecular flexibility index (Phi) is 4.94. The van der Waals surface area contributed by atoms with Crippen molar-refractivity contribution in [3.8, 4) is 0 Å². The number of hydrogen-bond donors (Lipinski definition) is 2. The van der Waals surface area contributed by atoms with E-state index in [0.29, 0.717) is 17.3 Å². The van der Waals surface area contributed by atoms with Crippen LogP contribution in [-0.2, 0) is 4.74 Å². The number of rotatable bonds is 3. The van der Waals surface area contributed by atoms with Gasteiger partial charge in [0, 0.05) is 16.6 Å². The molecule has 0 spiro atoms. The molecule has 22 heavy (non-hydrogen) atoms. The Labute approximate surface area is 136 Å². The molecule has 2 rings (SSSR count). The van der Waals surface area contributed by atoms with E-state index in [1.807, 2.05) is 0 Å². The second-order valence-corrected chi connectivity index (χ2v) is 7.32. The molecule has 0 aliphatic heterocycles. The Hall–Kier alpha value is -1.37. The molecule has 1 fully saturated rings. The molecule has 2 N–H and O–H groups in total. The lowest BCUT2D eigenvalue weighted by molar-refractivity contribution is 0.0475. The molecule has 4 nitrogen and oxygen atoms in total. The Morgan fingerprint density at radius 1 is 1.23 bits per heavy atom. The van der Waals surface area contributed by atoms with E-state index in [2.05, 4.69) is 26.6 Å². The van der Waals surface area contributed by atoms with Gasteiger partial charge >= 0.3 is 6.09 Å². The molecule has 0 radical (unpaired) electrons. The maximum Gasteiger partial charge on any atom is 0.407 e. The lowest BCUT2D eigenvalue weighted by atomic mass is 9.86. The predicted molar refractivity (Wildman–Crippen MR) is 83.9 cm³/mol. The van der Waals surface area contributed by atoms with E-state index in [4.69, 9.17) is 4.74 Å². The Balaban J connectivity index is 1.82. The molecule has 1 amide bonds. The molecule has 1 aliphatic rings. The van der Waals surface area contributed by atoms with Gasteiger partial charge in [0.15, 0.2) is 0 Å². The number of hydrogen-bond acceptors (Lipinski definition) is 3. The fourth-order valence-corrected chi connectivity index (χ4v) is 2.61. The van der Waals surface area contributed by atoms with E-state index in [-0.39, 0.29) is 17.8 Å². The van der Waals surface area contributed by atoms with Crippen LogP contribution < -0.4 is 10.6 Å². The van der Waals surface area contributed by atoms with Crippen LogP contribution in [0.4, 0.5) is 19.3 Å². The first kappa shape index (κ1) is 17.0. The summed E-state index contributed by atoms with van der Waals surface area (Å²) in [7, 11) is 0. The van der Waals surface area contributed by atoms with Crippen molar-refractivity contribution in [1.29, 1.82) is 0 Å². The summed E-state index contributed by atoms with van der Waals surface area (Å²) in [6.45, 7) is 5.37. The second kappa shape index (κ2) is 6.40. The first-order valence-electron chi connectivity index (χ1n) is 7.04. The molecule has 1 saturated carbocycles. The zero-order chi connectivity index (χ0) is 16.5. The van der Waals surface area contributed by atoms with E-state index in [1.54, 1.807) is 20.8 Å². The molecule has 7 heteroatoms. The van der Waals surface area contributed by atoms with Gasteiger partial charge in [-0.3, -0.25) is 0 Å². The number of benzene rings is 1. The summed E-state index contributed by atoms with van der Waals surface area (Å²) in [4.78, 5) is 11.6. The van der Waals surface area contributed by atoms with Gasteiger partial charge in [-0.15, -0.1) is 0 Å². The van der Waals surface area contributed by atoms with Crippen molar-refractivity contribution >= 4 is 27.7 Å². The van der Waals surface area contributed by atoms with Crippen LogP contribution in [-0.4, -0.2) is 23.8 Å². The van der Waals surface area contributed by atoms with Gasteiger partial charge in [0.25, 0.3) is 0 Å². The van der Waals surface area contributed by atoms with Crippen molar-refractivity contribution in [2.75, 3.05) is 5.32 Å². The van der Waals surface area contributed by atoms with E-state index >= 15 is 0 Å². The SMILES string of the molecule is CC(C)(C)OC(=O)NC1CC(Nc2c(F)cc(Br)cc2F)C1. The van der Waals surface area contributed by atoms with Crippen LogP contribution in [0.15, 0.2) is 16.6 Å². The van der Waals surface area contributed by atoms with E-state index < -0.39 is 23.3 Å². The van der Waals surface area contributed by atoms with Crippen molar-refractivity contribution in [1.82, 2.24) is 5.32 Å². The Morgan fingerprint density at radius 2 is 1.77 bits per heavy atom. The maximum atomic E-state index is 13.7. The summed E-state index contributed by atoms with van der Waals surface area (Å²) >= 11 is 3.04. The molecule has 0 aromatic heterocycles. The summed E-state index contributed by atoms with van der Waals surface area (Å²) in [5, 5.41) is 5.56. The number of ether oxygens (including phenoxy) is 1. The molecule has 0 atom stereocenters. The van der Waals surface area contributed by atoms with E-state index in [9.17, 15) is 13.6 Å². The van der Waals surface area contributed by atoms with Crippen molar-refractivity contribution in [3.63, 3.8) is 0 Å². The van der Waals surface area contributed by atoms with Gasteiger partial charge in [-0.05, 0) is 45.7 Å². The third-order valence-electron chi connectivity index (χ3n) is 3.21. The minimum absolute atomic E-state index is 0.0473. The number of carbonyl (C=O) groups excluding carboxylic acids is 1. The van der Waals surface area contributed by atoms with Gasteiger partial charge < -0.3 is 15.4 Å². The molecule has 1 aliphatic carbocycles. The van der Waals surface area contributed by atoms with Crippen LogP contribution in [0.5, 0.6) is 0 Å². The molecular formula is C15H19BrF2N2O2. The fourth-order valence-electron chi connectivity index (χ4n) is 2.21. The van der Waals surface area contributed by atoms with Gasteiger partial charge in [0.2, 0.25) is 0 Å². The number of amides is 1. The van der Waals surface area contributed by atoms with Crippen molar-refractivity contribution in [2.45, 2.75) is 51.3 Å². The highest BCUT2D eigenvalue weighted by atomic mass is 79.9.